The Balaban J connectivity index is 1.50. The fourth-order valence-electron chi connectivity index (χ4n) is 2.95. The minimum atomic E-state index is 0.0422. The average molecular weight is 346 g/mol. The number of hydrogen-bond acceptors (Lipinski definition) is 6. The molecule has 24 heavy (non-hydrogen) atoms. The van der Waals surface area contributed by atoms with Gasteiger partial charge in [0.2, 0.25) is 0 Å². The smallest absolute Gasteiger partial charge is 0.261 e. The Hall–Kier alpha value is -2.15. The predicted molar refractivity (Wildman–Crippen MR) is 94.9 cm³/mol. The second-order valence-corrected chi connectivity index (χ2v) is 6.88. The lowest BCUT2D eigenvalue weighted by molar-refractivity contribution is 0.0948. The highest BCUT2D eigenvalue weighted by atomic mass is 32.1. The number of thiophene rings is 1. The first-order valence-electron chi connectivity index (χ1n) is 8.11. The van der Waals surface area contributed by atoms with Gasteiger partial charge in [-0.3, -0.25) is 4.79 Å². The molecule has 0 aromatic carbocycles. The molecule has 0 spiro atoms. The number of aryl methyl sites for hydroxylation is 1. The summed E-state index contributed by atoms with van der Waals surface area (Å²) in [4.78, 5) is 23.8. The number of methoxy groups -OCH3 is 1. The molecule has 0 bridgehead atoms. The number of rotatable bonds is 5. The Bertz CT molecular complexity index is 695. The van der Waals surface area contributed by atoms with E-state index in [0.29, 0.717) is 11.8 Å². The third-order valence-corrected chi connectivity index (χ3v) is 5.39. The molecule has 0 aliphatic carbocycles. The number of hydrogen-bond donors (Lipinski definition) is 1. The summed E-state index contributed by atoms with van der Waals surface area (Å²) < 4.78 is 5.29. The third-order valence-electron chi connectivity index (χ3n) is 4.37. The highest BCUT2D eigenvalue weighted by molar-refractivity contribution is 7.12. The molecule has 1 aliphatic rings. The minimum absolute atomic E-state index is 0.0422. The SMILES string of the molecule is COc1nccnc1N1CCC(CNC(=O)c2sccc2C)CC1. The van der Waals surface area contributed by atoms with Crippen molar-refractivity contribution in [3.05, 3.63) is 34.3 Å². The van der Waals surface area contributed by atoms with Gasteiger partial charge in [0.15, 0.2) is 5.82 Å². The molecule has 7 heteroatoms. The van der Waals surface area contributed by atoms with Crippen LogP contribution in [0.4, 0.5) is 5.82 Å². The van der Waals surface area contributed by atoms with Gasteiger partial charge in [0, 0.05) is 32.0 Å². The van der Waals surface area contributed by atoms with E-state index in [4.69, 9.17) is 4.74 Å². The van der Waals surface area contributed by atoms with Crippen molar-refractivity contribution in [3.63, 3.8) is 0 Å². The van der Waals surface area contributed by atoms with Gasteiger partial charge >= 0.3 is 0 Å². The van der Waals surface area contributed by atoms with E-state index >= 15 is 0 Å². The molecule has 0 unspecified atom stereocenters. The molecule has 1 amide bonds. The van der Waals surface area contributed by atoms with Crippen molar-refractivity contribution >= 4 is 23.1 Å². The van der Waals surface area contributed by atoms with Crippen LogP contribution in [0, 0.1) is 12.8 Å². The van der Waals surface area contributed by atoms with Crippen LogP contribution >= 0.6 is 11.3 Å². The fourth-order valence-corrected chi connectivity index (χ4v) is 3.79. The van der Waals surface area contributed by atoms with Gasteiger partial charge in [0.1, 0.15) is 0 Å². The zero-order valence-electron chi connectivity index (χ0n) is 14.0. The number of carbonyl (C=O) groups is 1. The van der Waals surface area contributed by atoms with Crippen LogP contribution in [0.25, 0.3) is 0 Å². The van der Waals surface area contributed by atoms with Crippen molar-refractivity contribution in [3.8, 4) is 5.88 Å². The van der Waals surface area contributed by atoms with E-state index in [1.807, 2.05) is 18.4 Å². The highest BCUT2D eigenvalue weighted by Crippen LogP contribution is 2.27. The summed E-state index contributed by atoms with van der Waals surface area (Å²) in [5.74, 6) is 1.91. The number of aromatic nitrogens is 2. The maximum Gasteiger partial charge on any atom is 0.261 e. The van der Waals surface area contributed by atoms with Crippen LogP contribution in [-0.4, -0.2) is 42.6 Å². The molecule has 1 saturated heterocycles. The maximum atomic E-state index is 12.2. The van der Waals surface area contributed by atoms with E-state index in [-0.39, 0.29) is 5.91 Å². The molecule has 6 nitrogen and oxygen atoms in total. The number of amides is 1. The number of anilines is 1. The summed E-state index contributed by atoms with van der Waals surface area (Å²) in [7, 11) is 1.61. The van der Waals surface area contributed by atoms with Crippen molar-refractivity contribution in [2.75, 3.05) is 31.6 Å². The lowest BCUT2D eigenvalue weighted by Gasteiger charge is -2.33. The largest absolute Gasteiger partial charge is 0.478 e. The van der Waals surface area contributed by atoms with Crippen LogP contribution in [0.15, 0.2) is 23.8 Å². The summed E-state index contributed by atoms with van der Waals surface area (Å²) in [6, 6.07) is 1.98. The zero-order chi connectivity index (χ0) is 16.9. The van der Waals surface area contributed by atoms with E-state index in [2.05, 4.69) is 20.2 Å². The van der Waals surface area contributed by atoms with E-state index in [0.717, 1.165) is 48.7 Å². The normalized spacial score (nSPS) is 15.3. The second-order valence-electron chi connectivity index (χ2n) is 5.96. The molecule has 3 heterocycles. The second kappa shape index (κ2) is 7.61. The van der Waals surface area contributed by atoms with Gasteiger partial charge in [-0.25, -0.2) is 9.97 Å². The van der Waals surface area contributed by atoms with Crippen molar-refractivity contribution in [2.24, 2.45) is 5.92 Å². The quantitative estimate of drug-likeness (QED) is 0.901. The molecule has 0 atom stereocenters. The summed E-state index contributed by atoms with van der Waals surface area (Å²) >= 11 is 1.50. The molecule has 128 valence electrons. The number of nitrogens with zero attached hydrogens (tertiary/aromatic N) is 3. The fraction of sp³-hybridized carbons (Fsp3) is 0.471. The van der Waals surface area contributed by atoms with Gasteiger partial charge in [0.25, 0.3) is 11.8 Å². The van der Waals surface area contributed by atoms with E-state index < -0.39 is 0 Å². The molecule has 0 radical (unpaired) electrons. The zero-order valence-corrected chi connectivity index (χ0v) is 14.8. The highest BCUT2D eigenvalue weighted by Gasteiger charge is 2.23. The Kier molecular flexibility index (Phi) is 5.30. The third kappa shape index (κ3) is 3.67. The predicted octanol–water partition coefficient (Wildman–Crippen LogP) is 2.50. The van der Waals surface area contributed by atoms with Gasteiger partial charge < -0.3 is 15.0 Å². The van der Waals surface area contributed by atoms with Crippen molar-refractivity contribution in [1.29, 1.82) is 0 Å². The Morgan fingerprint density at radius 1 is 1.38 bits per heavy atom. The first-order chi connectivity index (χ1) is 11.7. The van der Waals surface area contributed by atoms with Crippen molar-refractivity contribution in [2.45, 2.75) is 19.8 Å². The molecule has 0 saturated carbocycles. The van der Waals surface area contributed by atoms with E-state index in [1.54, 1.807) is 19.5 Å². The van der Waals surface area contributed by atoms with Crippen molar-refractivity contribution in [1.82, 2.24) is 15.3 Å². The van der Waals surface area contributed by atoms with Gasteiger partial charge in [-0.2, -0.15) is 0 Å². The number of ether oxygens (including phenoxy) is 1. The Morgan fingerprint density at radius 3 is 2.79 bits per heavy atom. The van der Waals surface area contributed by atoms with E-state index in [9.17, 15) is 4.79 Å². The summed E-state index contributed by atoms with van der Waals surface area (Å²) in [5.41, 5.74) is 1.04. The van der Waals surface area contributed by atoms with Crippen LogP contribution in [0.1, 0.15) is 28.1 Å². The standard InChI is InChI=1S/C17H22N4O2S/c1-12-5-10-24-14(12)16(22)20-11-13-3-8-21(9-4-13)15-17(23-2)19-7-6-18-15/h5-7,10,13H,3-4,8-9,11H2,1-2H3,(H,20,22). The summed E-state index contributed by atoms with van der Waals surface area (Å²) in [6.07, 6.45) is 5.36. The monoisotopic (exact) mass is 346 g/mol. The Morgan fingerprint density at radius 2 is 2.12 bits per heavy atom. The van der Waals surface area contributed by atoms with Crippen molar-refractivity contribution < 1.29 is 9.53 Å². The summed E-state index contributed by atoms with van der Waals surface area (Å²) in [6.45, 7) is 4.49. The lowest BCUT2D eigenvalue weighted by Crippen LogP contribution is -2.39. The summed E-state index contributed by atoms with van der Waals surface area (Å²) in [5, 5.41) is 5.03. The molecular formula is C17H22N4O2S. The first-order valence-corrected chi connectivity index (χ1v) is 8.99. The minimum Gasteiger partial charge on any atom is -0.478 e. The molecular weight excluding hydrogens is 324 g/mol. The average Bonchev–Trinajstić information content (AvgIpc) is 3.06. The lowest BCUT2D eigenvalue weighted by atomic mass is 9.97. The number of piperidine rings is 1. The maximum absolute atomic E-state index is 12.2. The van der Waals surface area contributed by atoms with Crippen LogP contribution < -0.4 is 15.0 Å². The number of carbonyl (C=O) groups excluding carboxylic acids is 1. The van der Waals surface area contributed by atoms with Gasteiger partial charge in [-0.1, -0.05) is 0 Å². The molecule has 2 aromatic heterocycles. The molecule has 1 fully saturated rings. The van der Waals surface area contributed by atoms with Crippen LogP contribution in [0.3, 0.4) is 0 Å². The van der Waals surface area contributed by atoms with E-state index in [1.165, 1.54) is 11.3 Å². The molecule has 1 N–H and O–H groups in total. The molecule has 1 aliphatic heterocycles. The molecule has 3 rings (SSSR count). The first kappa shape index (κ1) is 16.7. The number of nitrogens with one attached hydrogen (secondary N) is 1. The van der Waals surface area contributed by atoms with Gasteiger partial charge in [-0.05, 0) is 42.7 Å². The molecule has 2 aromatic rings. The van der Waals surface area contributed by atoms with Crippen LogP contribution in [-0.2, 0) is 0 Å². The Labute approximate surface area is 145 Å². The van der Waals surface area contributed by atoms with Crippen LogP contribution in [0.5, 0.6) is 5.88 Å². The van der Waals surface area contributed by atoms with Gasteiger partial charge in [0.05, 0.1) is 12.0 Å². The topological polar surface area (TPSA) is 67.4 Å². The van der Waals surface area contributed by atoms with Gasteiger partial charge in [-0.15, -0.1) is 11.3 Å². The van der Waals surface area contributed by atoms with Crippen LogP contribution in [0.2, 0.25) is 0 Å².